The number of nitro benzene ring substituents is 1. The predicted octanol–water partition coefficient (Wildman–Crippen LogP) is 2.35. The molecule has 6 heteroatoms. The van der Waals surface area contributed by atoms with Gasteiger partial charge in [-0.05, 0) is 32.3 Å². The number of aliphatic carboxylic acids is 1. The Morgan fingerprint density at radius 1 is 1.47 bits per heavy atom. The van der Waals surface area contributed by atoms with Gasteiger partial charge in [-0.2, -0.15) is 0 Å². The fourth-order valence-electron chi connectivity index (χ4n) is 2.60. The van der Waals surface area contributed by atoms with Crippen LogP contribution in [0.1, 0.15) is 24.8 Å². The summed E-state index contributed by atoms with van der Waals surface area (Å²) in [5.74, 6) is -0.870. The van der Waals surface area contributed by atoms with Crippen molar-refractivity contribution in [1.82, 2.24) is 0 Å². The molecule has 1 fully saturated rings. The first-order valence-electron chi connectivity index (χ1n) is 6.26. The maximum absolute atomic E-state index is 11.3. The van der Waals surface area contributed by atoms with E-state index in [9.17, 15) is 20.0 Å². The summed E-state index contributed by atoms with van der Waals surface area (Å²) in [5.41, 5.74) is 1.22. The molecule has 6 nitrogen and oxygen atoms in total. The Morgan fingerprint density at radius 3 is 2.84 bits per heavy atom. The quantitative estimate of drug-likeness (QED) is 0.669. The molecular formula is C13H16N2O4. The number of carboxylic acids is 1. The van der Waals surface area contributed by atoms with Crippen molar-refractivity contribution >= 4 is 17.3 Å². The van der Waals surface area contributed by atoms with Crippen LogP contribution < -0.4 is 4.90 Å². The first kappa shape index (κ1) is 13.3. The number of hydrogen-bond donors (Lipinski definition) is 1. The minimum Gasteiger partial charge on any atom is -0.480 e. The van der Waals surface area contributed by atoms with E-state index >= 15 is 0 Å². The number of nitro groups is 1. The third kappa shape index (κ3) is 2.52. The molecule has 0 radical (unpaired) electrons. The van der Waals surface area contributed by atoms with E-state index in [0.717, 1.165) is 12.8 Å². The Bertz CT molecular complexity index is 515. The van der Waals surface area contributed by atoms with Crippen LogP contribution in [0.25, 0.3) is 0 Å². The highest BCUT2D eigenvalue weighted by Crippen LogP contribution is 2.32. The highest BCUT2D eigenvalue weighted by molar-refractivity contribution is 5.79. The molecule has 1 atom stereocenters. The maximum atomic E-state index is 11.3. The van der Waals surface area contributed by atoms with Crippen molar-refractivity contribution in [1.29, 1.82) is 0 Å². The minimum absolute atomic E-state index is 0.0345. The standard InChI is InChI=1S/C13H16N2O4/c1-9-10(6-4-7-11(9)15(18)19)14-8-3-2-5-12(14)13(16)17/h4,6-7,12H,2-3,5,8H2,1H3,(H,16,17). The van der Waals surface area contributed by atoms with Crippen LogP contribution in [0.3, 0.4) is 0 Å². The van der Waals surface area contributed by atoms with Crippen LogP contribution in [0.15, 0.2) is 18.2 Å². The third-order valence-corrected chi connectivity index (χ3v) is 3.57. The SMILES string of the molecule is Cc1c(N2CCCCC2C(=O)O)cccc1[N+](=O)[O-]. The van der Waals surface area contributed by atoms with Crippen molar-refractivity contribution in [2.75, 3.05) is 11.4 Å². The average molecular weight is 264 g/mol. The highest BCUT2D eigenvalue weighted by Gasteiger charge is 2.30. The molecule has 0 spiro atoms. The molecule has 0 bridgehead atoms. The predicted molar refractivity (Wildman–Crippen MR) is 70.5 cm³/mol. The molecule has 2 rings (SSSR count). The van der Waals surface area contributed by atoms with E-state index in [1.54, 1.807) is 24.0 Å². The number of carbonyl (C=O) groups is 1. The molecule has 1 aliphatic rings. The maximum Gasteiger partial charge on any atom is 0.326 e. The number of piperidine rings is 1. The van der Waals surface area contributed by atoms with Gasteiger partial charge in [0.05, 0.1) is 10.5 Å². The van der Waals surface area contributed by atoms with E-state index in [4.69, 9.17) is 0 Å². The molecule has 1 saturated heterocycles. The van der Waals surface area contributed by atoms with Gasteiger partial charge in [0.15, 0.2) is 0 Å². The van der Waals surface area contributed by atoms with Gasteiger partial charge in [0.25, 0.3) is 5.69 Å². The van der Waals surface area contributed by atoms with Crippen molar-refractivity contribution in [3.8, 4) is 0 Å². The Balaban J connectivity index is 2.42. The second-order valence-corrected chi connectivity index (χ2v) is 4.72. The lowest BCUT2D eigenvalue weighted by atomic mass is 9.99. The third-order valence-electron chi connectivity index (χ3n) is 3.57. The molecule has 1 aromatic carbocycles. The molecular weight excluding hydrogens is 248 g/mol. The van der Waals surface area contributed by atoms with Crippen molar-refractivity contribution in [2.45, 2.75) is 32.2 Å². The number of carboxylic acid groups (broad SMARTS) is 1. The van der Waals surface area contributed by atoms with E-state index in [-0.39, 0.29) is 5.69 Å². The van der Waals surface area contributed by atoms with Crippen molar-refractivity contribution in [2.24, 2.45) is 0 Å². The zero-order valence-electron chi connectivity index (χ0n) is 10.7. The fourth-order valence-corrected chi connectivity index (χ4v) is 2.60. The molecule has 0 aliphatic carbocycles. The highest BCUT2D eigenvalue weighted by atomic mass is 16.6. The van der Waals surface area contributed by atoms with E-state index in [0.29, 0.717) is 24.2 Å². The second kappa shape index (κ2) is 5.26. The molecule has 19 heavy (non-hydrogen) atoms. The molecule has 1 heterocycles. The largest absolute Gasteiger partial charge is 0.480 e. The Labute approximate surface area is 110 Å². The zero-order chi connectivity index (χ0) is 14.0. The Kier molecular flexibility index (Phi) is 3.69. The smallest absolute Gasteiger partial charge is 0.326 e. The molecule has 0 amide bonds. The Hall–Kier alpha value is -2.11. The van der Waals surface area contributed by atoms with E-state index in [1.807, 2.05) is 0 Å². The van der Waals surface area contributed by atoms with Crippen LogP contribution >= 0.6 is 0 Å². The van der Waals surface area contributed by atoms with Gasteiger partial charge in [0, 0.05) is 18.3 Å². The summed E-state index contributed by atoms with van der Waals surface area (Å²) < 4.78 is 0. The second-order valence-electron chi connectivity index (χ2n) is 4.72. The van der Waals surface area contributed by atoms with Gasteiger partial charge >= 0.3 is 5.97 Å². The van der Waals surface area contributed by atoms with E-state index in [2.05, 4.69) is 0 Å². The van der Waals surface area contributed by atoms with Crippen LogP contribution in [0, 0.1) is 17.0 Å². The summed E-state index contributed by atoms with van der Waals surface area (Å²) in [4.78, 5) is 23.6. The number of rotatable bonds is 3. The van der Waals surface area contributed by atoms with E-state index in [1.165, 1.54) is 6.07 Å². The zero-order valence-corrected chi connectivity index (χ0v) is 10.7. The first-order chi connectivity index (χ1) is 9.02. The van der Waals surface area contributed by atoms with Crippen molar-refractivity contribution in [3.05, 3.63) is 33.9 Å². The molecule has 1 unspecified atom stereocenters. The topological polar surface area (TPSA) is 83.7 Å². The van der Waals surface area contributed by atoms with Crippen molar-refractivity contribution < 1.29 is 14.8 Å². The van der Waals surface area contributed by atoms with Crippen LogP contribution in [-0.2, 0) is 4.79 Å². The normalized spacial score (nSPS) is 19.2. The fraction of sp³-hybridized carbons (Fsp3) is 0.462. The van der Waals surface area contributed by atoms with Crippen LogP contribution in [0.2, 0.25) is 0 Å². The minimum atomic E-state index is -0.870. The monoisotopic (exact) mass is 264 g/mol. The van der Waals surface area contributed by atoms with Gasteiger partial charge in [-0.25, -0.2) is 4.79 Å². The number of anilines is 1. The molecule has 1 aromatic rings. The number of hydrogen-bond acceptors (Lipinski definition) is 4. The van der Waals surface area contributed by atoms with Crippen LogP contribution in [-0.4, -0.2) is 28.6 Å². The average Bonchev–Trinajstić information content (AvgIpc) is 2.38. The summed E-state index contributed by atoms with van der Waals surface area (Å²) in [6.07, 6.45) is 2.37. The van der Waals surface area contributed by atoms with Gasteiger partial charge in [0.2, 0.25) is 0 Å². The summed E-state index contributed by atoms with van der Waals surface area (Å²) in [6.45, 7) is 2.29. The van der Waals surface area contributed by atoms with Crippen LogP contribution in [0.4, 0.5) is 11.4 Å². The van der Waals surface area contributed by atoms with Gasteiger partial charge in [-0.3, -0.25) is 10.1 Å². The molecule has 102 valence electrons. The molecule has 0 aromatic heterocycles. The molecule has 0 saturated carbocycles. The van der Waals surface area contributed by atoms with Crippen molar-refractivity contribution in [3.63, 3.8) is 0 Å². The van der Waals surface area contributed by atoms with Gasteiger partial charge in [-0.1, -0.05) is 6.07 Å². The summed E-state index contributed by atoms with van der Waals surface area (Å²) in [6, 6.07) is 4.21. The molecule has 1 N–H and O–H groups in total. The summed E-state index contributed by atoms with van der Waals surface area (Å²) in [7, 11) is 0. The van der Waals surface area contributed by atoms with E-state index < -0.39 is 16.9 Å². The lowest BCUT2D eigenvalue weighted by molar-refractivity contribution is -0.385. The number of nitrogens with zero attached hydrogens (tertiary/aromatic N) is 2. The number of benzene rings is 1. The lowest BCUT2D eigenvalue weighted by Gasteiger charge is -2.35. The summed E-state index contributed by atoms with van der Waals surface area (Å²) in [5, 5.41) is 20.2. The lowest BCUT2D eigenvalue weighted by Crippen LogP contribution is -2.45. The Morgan fingerprint density at radius 2 is 2.21 bits per heavy atom. The van der Waals surface area contributed by atoms with Gasteiger partial charge in [-0.15, -0.1) is 0 Å². The first-order valence-corrected chi connectivity index (χ1v) is 6.26. The van der Waals surface area contributed by atoms with Gasteiger partial charge in [0.1, 0.15) is 6.04 Å². The summed E-state index contributed by atoms with van der Waals surface area (Å²) >= 11 is 0. The van der Waals surface area contributed by atoms with Gasteiger partial charge < -0.3 is 10.0 Å². The van der Waals surface area contributed by atoms with Crippen LogP contribution in [0.5, 0.6) is 0 Å². The molecule has 1 aliphatic heterocycles.